The van der Waals surface area contributed by atoms with Crippen molar-refractivity contribution in [3.8, 4) is 5.75 Å². The van der Waals surface area contributed by atoms with Gasteiger partial charge in [-0.25, -0.2) is 0 Å². The average molecular weight is 470 g/mol. The molecule has 1 heterocycles. The van der Waals surface area contributed by atoms with Crippen molar-refractivity contribution in [1.82, 2.24) is 4.57 Å². The summed E-state index contributed by atoms with van der Waals surface area (Å²) in [6, 6.07) is 14.1. The van der Waals surface area contributed by atoms with Crippen molar-refractivity contribution < 1.29 is 25.8 Å². The second-order valence-corrected chi connectivity index (χ2v) is 15.0. The Labute approximate surface area is 181 Å². The number of fused-ring (bicyclic) bond motifs is 1. The molecule has 0 aliphatic heterocycles. The van der Waals surface area contributed by atoms with E-state index >= 15 is 0 Å². The Balaban J connectivity index is 2.37. The van der Waals surface area contributed by atoms with E-state index in [9.17, 15) is 21.6 Å². The zero-order valence-corrected chi connectivity index (χ0v) is 19.9. The fourth-order valence-electron chi connectivity index (χ4n) is 4.77. The summed E-state index contributed by atoms with van der Waals surface area (Å²) in [5.41, 5.74) is -4.38. The Kier molecular flexibility index (Phi) is 6.05. The minimum atomic E-state index is -5.79. The number of hydrogen-bond acceptors (Lipinski definition) is 3. The molecule has 0 saturated carbocycles. The number of rotatable bonds is 6. The van der Waals surface area contributed by atoms with Crippen LogP contribution in [0.15, 0.2) is 54.7 Å². The molecule has 0 radical (unpaired) electrons. The zero-order valence-electron chi connectivity index (χ0n) is 18.1. The van der Waals surface area contributed by atoms with Crippen molar-refractivity contribution in [2.75, 3.05) is 0 Å². The Morgan fingerprint density at radius 3 is 2.03 bits per heavy atom. The van der Waals surface area contributed by atoms with E-state index in [2.05, 4.69) is 0 Å². The van der Waals surface area contributed by atoms with Gasteiger partial charge >= 0.3 is 15.6 Å². The van der Waals surface area contributed by atoms with Gasteiger partial charge in [0.15, 0.2) is 0 Å². The molecule has 9 heteroatoms. The SMILES string of the molecule is CC(C)[Si](c1ccccc1OS(=O)(=O)C(F)(F)F)(c1cn(C)c2ccccc12)C(C)C. The van der Waals surface area contributed by atoms with Crippen molar-refractivity contribution in [3.63, 3.8) is 0 Å². The molecule has 4 nitrogen and oxygen atoms in total. The number of aromatic nitrogens is 1. The number of alkyl halides is 3. The van der Waals surface area contributed by atoms with Gasteiger partial charge in [0.1, 0.15) is 13.8 Å². The van der Waals surface area contributed by atoms with Gasteiger partial charge in [-0.05, 0) is 39.0 Å². The highest BCUT2D eigenvalue weighted by Gasteiger charge is 2.51. The summed E-state index contributed by atoms with van der Waals surface area (Å²) in [7, 11) is -6.68. The first-order valence-corrected chi connectivity index (χ1v) is 13.5. The topological polar surface area (TPSA) is 48.3 Å². The van der Waals surface area contributed by atoms with Gasteiger partial charge in [0.05, 0.1) is 0 Å². The standard InChI is InChI=1S/C22H26F3NO3SSi/c1-15(2)31(16(3)4,21-14-26(5)18-11-7-6-10-17(18)21)20-13-9-8-12-19(20)29-30(27,28)22(23,24)25/h6-16H,1-5H3. The van der Waals surface area contributed by atoms with Crippen molar-refractivity contribution in [2.24, 2.45) is 7.05 Å². The third-order valence-electron chi connectivity index (χ3n) is 5.98. The maximum atomic E-state index is 13.1. The minimum absolute atomic E-state index is 0.0525. The first-order chi connectivity index (χ1) is 14.3. The van der Waals surface area contributed by atoms with Crippen LogP contribution in [-0.4, -0.2) is 26.6 Å². The predicted molar refractivity (Wildman–Crippen MR) is 120 cm³/mol. The van der Waals surface area contributed by atoms with Gasteiger partial charge in [0.25, 0.3) is 0 Å². The summed E-state index contributed by atoms with van der Waals surface area (Å²) in [6.07, 6.45) is 2.03. The average Bonchev–Trinajstić information content (AvgIpc) is 2.99. The fraction of sp³-hybridized carbons (Fsp3) is 0.364. The summed E-state index contributed by atoms with van der Waals surface area (Å²) >= 11 is 0. The van der Waals surface area contributed by atoms with Gasteiger partial charge in [0, 0.05) is 18.8 Å². The van der Waals surface area contributed by atoms with Crippen LogP contribution in [0, 0.1) is 0 Å². The molecule has 0 unspecified atom stereocenters. The van der Waals surface area contributed by atoms with Crippen LogP contribution in [0.2, 0.25) is 11.1 Å². The van der Waals surface area contributed by atoms with Crippen molar-refractivity contribution in [2.45, 2.75) is 44.3 Å². The number of halogens is 3. The zero-order chi connectivity index (χ0) is 23.2. The highest BCUT2D eigenvalue weighted by Crippen LogP contribution is 2.37. The molecule has 2 aromatic carbocycles. The minimum Gasteiger partial charge on any atom is -0.376 e. The van der Waals surface area contributed by atoms with Gasteiger partial charge < -0.3 is 8.75 Å². The maximum absolute atomic E-state index is 13.1. The van der Waals surface area contributed by atoms with Gasteiger partial charge in [-0.15, -0.1) is 0 Å². The van der Waals surface area contributed by atoms with E-state index in [1.165, 1.54) is 12.1 Å². The van der Waals surface area contributed by atoms with Crippen LogP contribution in [0.1, 0.15) is 27.7 Å². The third-order valence-corrected chi connectivity index (χ3v) is 13.2. The van der Waals surface area contributed by atoms with Crippen LogP contribution >= 0.6 is 0 Å². The highest BCUT2D eigenvalue weighted by atomic mass is 32.2. The summed E-state index contributed by atoms with van der Waals surface area (Å²) < 4.78 is 69.7. The molecule has 3 rings (SSSR count). The molecule has 0 bridgehead atoms. The molecule has 0 saturated heterocycles. The first-order valence-electron chi connectivity index (χ1n) is 9.98. The van der Waals surface area contributed by atoms with Gasteiger partial charge in [0.2, 0.25) is 0 Å². The lowest BCUT2D eigenvalue weighted by Crippen LogP contribution is -2.63. The van der Waals surface area contributed by atoms with Gasteiger partial charge in [-0.1, -0.05) is 64.1 Å². The van der Waals surface area contributed by atoms with Crippen molar-refractivity contribution >= 4 is 39.5 Å². The Hall–Kier alpha value is -2.26. The van der Waals surface area contributed by atoms with E-state index in [0.29, 0.717) is 5.19 Å². The predicted octanol–water partition coefficient (Wildman–Crippen LogP) is 4.79. The molecule has 0 fully saturated rings. The maximum Gasteiger partial charge on any atom is 0.534 e. The molecule has 0 aliphatic carbocycles. The summed E-state index contributed by atoms with van der Waals surface area (Å²) in [5, 5.41) is 2.62. The van der Waals surface area contributed by atoms with E-state index in [1.54, 1.807) is 12.1 Å². The lowest BCUT2D eigenvalue weighted by molar-refractivity contribution is -0.0499. The fourth-order valence-corrected chi connectivity index (χ4v) is 11.4. The van der Waals surface area contributed by atoms with Crippen LogP contribution in [0.5, 0.6) is 5.75 Å². The van der Waals surface area contributed by atoms with E-state index in [4.69, 9.17) is 4.18 Å². The molecular formula is C22H26F3NO3SSi. The number of para-hydroxylation sites is 2. The lowest BCUT2D eigenvalue weighted by atomic mass is 10.2. The van der Waals surface area contributed by atoms with Crippen molar-refractivity contribution in [1.29, 1.82) is 0 Å². The molecule has 0 amide bonds. The molecule has 3 aromatic rings. The van der Waals surface area contributed by atoms with E-state index in [-0.39, 0.29) is 16.8 Å². The Morgan fingerprint density at radius 1 is 0.903 bits per heavy atom. The smallest absolute Gasteiger partial charge is 0.376 e. The summed E-state index contributed by atoms with van der Waals surface area (Å²) in [4.78, 5) is 0. The molecule has 0 aliphatic rings. The Morgan fingerprint density at radius 2 is 1.45 bits per heavy atom. The summed E-state index contributed by atoms with van der Waals surface area (Å²) in [5.74, 6) is -0.248. The molecular weight excluding hydrogens is 443 g/mol. The molecule has 0 N–H and O–H groups in total. The van der Waals surface area contributed by atoms with Crippen molar-refractivity contribution in [3.05, 3.63) is 54.7 Å². The van der Waals surface area contributed by atoms with E-state index < -0.39 is 23.7 Å². The van der Waals surface area contributed by atoms with E-state index in [1.807, 2.05) is 69.8 Å². The molecule has 1 aromatic heterocycles. The second-order valence-electron chi connectivity index (χ2n) is 8.33. The molecule has 0 atom stereocenters. The number of nitrogens with zero attached hydrogens (tertiary/aromatic N) is 1. The quantitative estimate of drug-likeness (QED) is 0.296. The largest absolute Gasteiger partial charge is 0.534 e. The first kappa shape index (κ1) is 23.4. The molecule has 31 heavy (non-hydrogen) atoms. The summed E-state index contributed by atoms with van der Waals surface area (Å²) in [6.45, 7) is 8.18. The Bertz CT molecular complexity index is 1190. The van der Waals surface area contributed by atoms with E-state index in [0.717, 1.165) is 16.1 Å². The number of aryl methyl sites for hydroxylation is 1. The monoisotopic (exact) mass is 469 g/mol. The van der Waals surface area contributed by atoms with Crippen LogP contribution in [-0.2, 0) is 17.2 Å². The van der Waals surface area contributed by atoms with Gasteiger partial charge in [-0.3, -0.25) is 0 Å². The number of benzene rings is 2. The second kappa shape index (κ2) is 8.02. The lowest BCUT2D eigenvalue weighted by Gasteiger charge is -2.40. The normalized spacial score (nSPS) is 13.4. The van der Waals surface area contributed by atoms with Crippen LogP contribution < -0.4 is 14.6 Å². The highest BCUT2D eigenvalue weighted by molar-refractivity contribution is 7.88. The molecule has 168 valence electrons. The van der Waals surface area contributed by atoms with Crippen LogP contribution in [0.3, 0.4) is 0 Å². The third kappa shape index (κ3) is 3.78. The van der Waals surface area contributed by atoms with Crippen LogP contribution in [0.25, 0.3) is 10.9 Å². The van der Waals surface area contributed by atoms with Gasteiger partial charge in [-0.2, -0.15) is 21.6 Å². The molecule has 0 spiro atoms. The van der Waals surface area contributed by atoms with Crippen LogP contribution in [0.4, 0.5) is 13.2 Å². The number of hydrogen-bond donors (Lipinski definition) is 0.